The lowest BCUT2D eigenvalue weighted by molar-refractivity contribution is 0.603. The maximum atomic E-state index is 13.3. The van der Waals surface area contributed by atoms with Crippen molar-refractivity contribution in [3.05, 3.63) is 51.1 Å². The first-order valence-electron chi connectivity index (χ1n) is 8.37. The molecule has 3 aromatic rings. The molecule has 4 rings (SSSR count). The van der Waals surface area contributed by atoms with Crippen molar-refractivity contribution >= 4 is 43.2 Å². The first-order valence-corrected chi connectivity index (χ1v) is 12.2. The van der Waals surface area contributed by atoms with Crippen LogP contribution in [0.25, 0.3) is 15.9 Å². The van der Waals surface area contributed by atoms with Crippen LogP contribution in [0.3, 0.4) is 0 Å². The highest BCUT2D eigenvalue weighted by molar-refractivity contribution is 8.00. The number of thioether (sulfide) groups is 1. The minimum atomic E-state index is -3.06. The Labute approximate surface area is 160 Å². The number of para-hydroxylation sites is 1. The molecular formula is C18H18N2O3S3. The molecule has 8 heteroatoms. The fourth-order valence-electron chi connectivity index (χ4n) is 3.21. The van der Waals surface area contributed by atoms with E-state index in [2.05, 4.69) is 0 Å². The number of fused-ring (bicyclic) bond motifs is 3. The molecule has 2 aromatic heterocycles. The zero-order valence-electron chi connectivity index (χ0n) is 14.3. The van der Waals surface area contributed by atoms with Crippen molar-refractivity contribution in [2.75, 3.05) is 17.8 Å². The predicted octanol–water partition coefficient (Wildman–Crippen LogP) is 3.07. The molecule has 0 N–H and O–H groups in total. The summed E-state index contributed by atoms with van der Waals surface area (Å²) in [6, 6.07) is 9.42. The molecule has 0 amide bonds. The molecule has 5 nitrogen and oxygen atoms in total. The summed E-state index contributed by atoms with van der Waals surface area (Å²) in [5, 5.41) is 1.29. The molecule has 1 aliphatic carbocycles. The molecular weight excluding hydrogens is 388 g/mol. The third-order valence-electron chi connectivity index (χ3n) is 4.41. The molecule has 0 atom stereocenters. The number of sulfone groups is 1. The van der Waals surface area contributed by atoms with Crippen molar-refractivity contribution in [3.8, 4) is 5.69 Å². The lowest BCUT2D eigenvalue weighted by atomic mass is 10.2. The molecule has 0 saturated heterocycles. The van der Waals surface area contributed by atoms with E-state index in [4.69, 9.17) is 4.98 Å². The zero-order valence-corrected chi connectivity index (χ0v) is 16.7. The van der Waals surface area contributed by atoms with Crippen LogP contribution in [0.2, 0.25) is 0 Å². The Morgan fingerprint density at radius 1 is 1.23 bits per heavy atom. The Hall–Kier alpha value is -1.64. The van der Waals surface area contributed by atoms with Crippen molar-refractivity contribution in [1.29, 1.82) is 0 Å². The van der Waals surface area contributed by atoms with Crippen molar-refractivity contribution in [2.24, 2.45) is 0 Å². The summed E-state index contributed by atoms with van der Waals surface area (Å²) in [7, 11) is -3.06. The van der Waals surface area contributed by atoms with Crippen LogP contribution in [0.15, 0.2) is 40.3 Å². The molecule has 136 valence electrons. The van der Waals surface area contributed by atoms with Gasteiger partial charge in [0.05, 0.1) is 16.8 Å². The fraction of sp³-hybridized carbons (Fsp3) is 0.333. The van der Waals surface area contributed by atoms with Crippen molar-refractivity contribution < 1.29 is 8.42 Å². The van der Waals surface area contributed by atoms with E-state index in [1.165, 1.54) is 22.9 Å². The Balaban J connectivity index is 1.87. The summed E-state index contributed by atoms with van der Waals surface area (Å²) in [5.41, 5.74) is 1.86. The van der Waals surface area contributed by atoms with Gasteiger partial charge in [0.2, 0.25) is 0 Å². The van der Waals surface area contributed by atoms with Gasteiger partial charge in [-0.15, -0.1) is 11.3 Å². The number of hydrogen-bond donors (Lipinski definition) is 0. The molecule has 0 bridgehead atoms. The average Bonchev–Trinajstić information content (AvgIpc) is 3.15. The van der Waals surface area contributed by atoms with Gasteiger partial charge in [0, 0.05) is 16.9 Å². The van der Waals surface area contributed by atoms with Crippen LogP contribution < -0.4 is 5.56 Å². The van der Waals surface area contributed by atoms with Crippen LogP contribution >= 0.6 is 23.1 Å². The summed E-state index contributed by atoms with van der Waals surface area (Å²) < 4.78 is 24.5. The first-order chi connectivity index (χ1) is 12.4. The molecule has 1 aromatic carbocycles. The number of rotatable bonds is 5. The van der Waals surface area contributed by atoms with E-state index in [-0.39, 0.29) is 11.3 Å². The fourth-order valence-corrected chi connectivity index (χ4v) is 6.72. The average molecular weight is 407 g/mol. The monoisotopic (exact) mass is 406 g/mol. The molecule has 0 saturated carbocycles. The number of hydrogen-bond acceptors (Lipinski definition) is 6. The highest BCUT2D eigenvalue weighted by atomic mass is 32.2. The van der Waals surface area contributed by atoms with Crippen LogP contribution in [0.1, 0.15) is 16.9 Å². The van der Waals surface area contributed by atoms with Gasteiger partial charge in [0.15, 0.2) is 5.16 Å². The standard InChI is InChI=1S/C18H18N2O3S3/c1-26(22,23)11-10-24-18-19-16-15(13-8-5-9-14(13)25-16)17(21)20(18)12-6-3-2-4-7-12/h2-4,6-7H,5,8-11H2,1H3. The molecule has 0 fully saturated rings. The molecule has 2 heterocycles. The summed E-state index contributed by atoms with van der Waals surface area (Å²) >= 11 is 2.92. The normalized spacial score (nSPS) is 14.0. The van der Waals surface area contributed by atoms with E-state index in [0.29, 0.717) is 10.9 Å². The second-order valence-corrected chi connectivity index (χ2v) is 10.8. The second-order valence-electron chi connectivity index (χ2n) is 6.39. The van der Waals surface area contributed by atoms with E-state index in [0.717, 1.165) is 40.7 Å². The topological polar surface area (TPSA) is 69.0 Å². The Kier molecular flexibility index (Phi) is 4.66. The van der Waals surface area contributed by atoms with Crippen molar-refractivity contribution in [1.82, 2.24) is 9.55 Å². The molecule has 26 heavy (non-hydrogen) atoms. The largest absolute Gasteiger partial charge is 0.268 e. The van der Waals surface area contributed by atoms with Gasteiger partial charge in [-0.25, -0.2) is 13.4 Å². The minimum Gasteiger partial charge on any atom is -0.268 e. The SMILES string of the molecule is CS(=O)(=O)CCSc1nc2sc3c(c2c(=O)n1-c1ccccc1)CCC3. The second kappa shape index (κ2) is 6.83. The van der Waals surface area contributed by atoms with Gasteiger partial charge in [0.25, 0.3) is 5.56 Å². The lowest BCUT2D eigenvalue weighted by Crippen LogP contribution is -2.22. The van der Waals surface area contributed by atoms with Crippen LogP contribution in [-0.2, 0) is 22.7 Å². The number of aromatic nitrogens is 2. The smallest absolute Gasteiger partial charge is 0.267 e. The Morgan fingerprint density at radius 3 is 2.73 bits per heavy atom. The Morgan fingerprint density at radius 2 is 2.00 bits per heavy atom. The van der Waals surface area contributed by atoms with E-state index in [9.17, 15) is 13.2 Å². The van der Waals surface area contributed by atoms with Gasteiger partial charge in [-0.2, -0.15) is 0 Å². The molecule has 0 radical (unpaired) electrons. The van der Waals surface area contributed by atoms with Crippen molar-refractivity contribution in [3.63, 3.8) is 0 Å². The van der Waals surface area contributed by atoms with Gasteiger partial charge in [0.1, 0.15) is 14.7 Å². The van der Waals surface area contributed by atoms with E-state index >= 15 is 0 Å². The lowest BCUT2D eigenvalue weighted by Gasteiger charge is -2.12. The molecule has 0 aliphatic heterocycles. The number of aryl methyl sites for hydroxylation is 2. The van der Waals surface area contributed by atoms with Crippen LogP contribution in [0, 0.1) is 0 Å². The maximum Gasteiger partial charge on any atom is 0.267 e. The van der Waals surface area contributed by atoms with Crippen LogP contribution in [0.5, 0.6) is 0 Å². The van der Waals surface area contributed by atoms with Crippen LogP contribution in [-0.4, -0.2) is 35.7 Å². The third-order valence-corrected chi connectivity index (χ3v) is 7.74. The van der Waals surface area contributed by atoms with Gasteiger partial charge in [-0.05, 0) is 37.0 Å². The van der Waals surface area contributed by atoms with Crippen LogP contribution in [0.4, 0.5) is 0 Å². The van der Waals surface area contributed by atoms with Gasteiger partial charge in [-0.3, -0.25) is 9.36 Å². The summed E-state index contributed by atoms with van der Waals surface area (Å²) in [4.78, 5) is 20.1. The van der Waals surface area contributed by atoms with E-state index in [1.807, 2.05) is 30.3 Å². The highest BCUT2D eigenvalue weighted by Crippen LogP contribution is 2.36. The number of nitrogens with zero attached hydrogens (tertiary/aromatic N) is 2. The van der Waals surface area contributed by atoms with E-state index < -0.39 is 9.84 Å². The van der Waals surface area contributed by atoms with E-state index in [1.54, 1.807) is 15.9 Å². The quantitative estimate of drug-likeness (QED) is 0.481. The first kappa shape index (κ1) is 17.8. The summed E-state index contributed by atoms with van der Waals surface area (Å²) in [6.07, 6.45) is 4.25. The predicted molar refractivity (Wildman–Crippen MR) is 108 cm³/mol. The maximum absolute atomic E-state index is 13.3. The summed E-state index contributed by atoms with van der Waals surface area (Å²) in [5.74, 6) is 0.427. The van der Waals surface area contributed by atoms with Gasteiger partial charge in [-0.1, -0.05) is 30.0 Å². The molecule has 1 aliphatic rings. The molecule has 0 spiro atoms. The zero-order chi connectivity index (χ0) is 18.3. The Bertz CT molecular complexity index is 1130. The third kappa shape index (κ3) is 3.33. The highest BCUT2D eigenvalue weighted by Gasteiger charge is 2.23. The molecule has 0 unspecified atom stereocenters. The minimum absolute atomic E-state index is 0.0533. The van der Waals surface area contributed by atoms with Crippen molar-refractivity contribution in [2.45, 2.75) is 24.4 Å². The van der Waals surface area contributed by atoms with Gasteiger partial charge >= 0.3 is 0 Å². The number of benzene rings is 1. The van der Waals surface area contributed by atoms with Gasteiger partial charge < -0.3 is 0 Å². The summed E-state index contributed by atoms with van der Waals surface area (Å²) in [6.45, 7) is 0. The number of thiophene rings is 1.